The van der Waals surface area contributed by atoms with Crippen LogP contribution in [-0.2, 0) is 11.2 Å². The fraction of sp³-hybridized carbons (Fsp3) is 0.731. The number of rotatable bonds is 8. The minimum absolute atomic E-state index is 0.0337. The molecule has 3 saturated heterocycles. The first kappa shape index (κ1) is 24.4. The van der Waals surface area contributed by atoms with Gasteiger partial charge in [0, 0.05) is 45.4 Å². The third-order valence-electron chi connectivity index (χ3n) is 7.65. The summed E-state index contributed by atoms with van der Waals surface area (Å²) in [5.41, 5.74) is 1.22. The average Bonchev–Trinajstić information content (AvgIpc) is 2.83. The first-order valence-corrected chi connectivity index (χ1v) is 13.0. The van der Waals surface area contributed by atoms with Gasteiger partial charge in [0.05, 0.1) is 0 Å². The molecular weight excluding hydrogens is 419 g/mol. The summed E-state index contributed by atoms with van der Waals surface area (Å²) >= 11 is 0. The topological polar surface area (TPSA) is 65.6 Å². The summed E-state index contributed by atoms with van der Waals surface area (Å²) in [6.07, 6.45) is 7.80. The van der Waals surface area contributed by atoms with Gasteiger partial charge in [-0.1, -0.05) is 12.1 Å². The molecule has 0 saturated carbocycles. The predicted octanol–water partition coefficient (Wildman–Crippen LogP) is 3.17. The van der Waals surface area contributed by atoms with Gasteiger partial charge in [-0.05, 0) is 93.5 Å². The van der Waals surface area contributed by atoms with Crippen LogP contribution in [0.25, 0.3) is 0 Å². The molecule has 3 N–H and O–H groups in total. The van der Waals surface area contributed by atoms with Crippen LogP contribution in [0.15, 0.2) is 24.3 Å². The highest BCUT2D eigenvalue weighted by Gasteiger charge is 2.30. The van der Waals surface area contributed by atoms with Gasteiger partial charge in [-0.25, -0.2) is 9.18 Å². The lowest BCUT2D eigenvalue weighted by atomic mass is 9.88. The zero-order valence-corrected chi connectivity index (χ0v) is 19.9. The van der Waals surface area contributed by atoms with Crippen LogP contribution < -0.4 is 16.0 Å². The summed E-state index contributed by atoms with van der Waals surface area (Å²) in [5.74, 6) is 1.59. The Morgan fingerprint density at radius 3 is 2.76 bits per heavy atom. The van der Waals surface area contributed by atoms with E-state index >= 15 is 0 Å². The Labute approximate surface area is 198 Å². The maximum atomic E-state index is 13.2. The molecule has 3 aliphatic heterocycles. The second-order valence-corrected chi connectivity index (χ2v) is 10.2. The molecule has 2 amide bonds. The Hall–Kier alpha value is -1.70. The zero-order valence-electron chi connectivity index (χ0n) is 19.9. The Morgan fingerprint density at radius 1 is 1.12 bits per heavy atom. The van der Waals surface area contributed by atoms with E-state index in [0.717, 1.165) is 84.6 Å². The number of benzene rings is 1. The van der Waals surface area contributed by atoms with Gasteiger partial charge in [0.15, 0.2) is 0 Å². The fourth-order valence-corrected chi connectivity index (χ4v) is 5.71. The van der Waals surface area contributed by atoms with Crippen molar-refractivity contribution in [2.75, 3.05) is 52.5 Å². The molecule has 3 atom stereocenters. The minimum Gasteiger partial charge on any atom is -0.381 e. The average molecular weight is 461 g/mol. The number of nitrogens with one attached hydrogen (secondary N) is 3. The maximum Gasteiger partial charge on any atom is 0.315 e. The lowest BCUT2D eigenvalue weighted by Crippen LogP contribution is -2.56. The zero-order chi connectivity index (χ0) is 22.9. The first-order chi connectivity index (χ1) is 16.2. The van der Waals surface area contributed by atoms with Crippen molar-refractivity contribution < 1.29 is 13.9 Å². The van der Waals surface area contributed by atoms with E-state index in [4.69, 9.17) is 4.74 Å². The SMILES string of the molecule is O=C(NCCC1CCOCC1)N[C@H]1CNCC[C@H]1CN1CCCC(Cc2ccc(F)cc2)C1. The Kier molecular flexibility index (Phi) is 9.38. The fourth-order valence-electron chi connectivity index (χ4n) is 5.71. The summed E-state index contributed by atoms with van der Waals surface area (Å²) < 4.78 is 18.6. The molecule has 4 rings (SSSR count). The molecule has 0 spiro atoms. The molecule has 1 aromatic rings. The molecule has 3 heterocycles. The molecule has 1 aromatic carbocycles. The first-order valence-electron chi connectivity index (χ1n) is 13.0. The van der Waals surface area contributed by atoms with Crippen molar-refractivity contribution in [3.05, 3.63) is 35.6 Å². The van der Waals surface area contributed by atoms with Crippen LogP contribution in [0.1, 0.15) is 44.1 Å². The number of amides is 2. The highest BCUT2D eigenvalue weighted by molar-refractivity contribution is 5.74. The number of likely N-dealkylation sites (tertiary alicyclic amines) is 1. The number of hydrogen-bond acceptors (Lipinski definition) is 4. The predicted molar refractivity (Wildman–Crippen MR) is 129 cm³/mol. The van der Waals surface area contributed by atoms with Gasteiger partial charge in [-0.2, -0.15) is 0 Å². The second kappa shape index (κ2) is 12.7. The Balaban J connectivity index is 1.21. The van der Waals surface area contributed by atoms with Gasteiger partial charge < -0.3 is 25.6 Å². The van der Waals surface area contributed by atoms with Crippen molar-refractivity contribution >= 4 is 6.03 Å². The van der Waals surface area contributed by atoms with Crippen LogP contribution in [0, 0.1) is 23.6 Å². The third kappa shape index (κ3) is 7.94. The van der Waals surface area contributed by atoms with E-state index in [0.29, 0.717) is 17.8 Å². The van der Waals surface area contributed by atoms with E-state index in [9.17, 15) is 9.18 Å². The lowest BCUT2D eigenvalue weighted by molar-refractivity contribution is 0.0641. The minimum atomic E-state index is -0.166. The van der Waals surface area contributed by atoms with Crippen LogP contribution in [-0.4, -0.2) is 69.5 Å². The smallest absolute Gasteiger partial charge is 0.315 e. The van der Waals surface area contributed by atoms with Gasteiger partial charge in [-0.3, -0.25) is 0 Å². The molecule has 6 nitrogen and oxygen atoms in total. The van der Waals surface area contributed by atoms with Crippen molar-refractivity contribution in [3.63, 3.8) is 0 Å². The standard InChI is InChI=1S/C26H41FN4O2/c27-24-5-3-21(4-6-24)16-22-2-1-13-31(18-22)19-23-8-11-28-17-25(23)30-26(32)29-12-7-20-9-14-33-15-10-20/h3-6,20,22-23,25,28H,1-2,7-19H2,(H2,29,30,32)/t22?,23-,25-/m0/s1. The van der Waals surface area contributed by atoms with E-state index in [-0.39, 0.29) is 17.9 Å². The van der Waals surface area contributed by atoms with Crippen molar-refractivity contribution in [3.8, 4) is 0 Å². The Morgan fingerprint density at radius 2 is 1.94 bits per heavy atom. The number of ether oxygens (including phenoxy) is 1. The Bertz CT molecular complexity index is 726. The van der Waals surface area contributed by atoms with E-state index in [1.165, 1.54) is 18.4 Å². The van der Waals surface area contributed by atoms with Gasteiger partial charge >= 0.3 is 6.03 Å². The molecule has 33 heavy (non-hydrogen) atoms. The van der Waals surface area contributed by atoms with Gasteiger partial charge in [-0.15, -0.1) is 0 Å². The summed E-state index contributed by atoms with van der Waals surface area (Å²) in [4.78, 5) is 15.1. The highest BCUT2D eigenvalue weighted by Crippen LogP contribution is 2.24. The van der Waals surface area contributed by atoms with E-state index in [1.54, 1.807) is 12.1 Å². The summed E-state index contributed by atoms with van der Waals surface area (Å²) in [7, 11) is 0. The molecular formula is C26H41FN4O2. The number of urea groups is 1. The van der Waals surface area contributed by atoms with E-state index in [1.807, 2.05) is 12.1 Å². The molecule has 7 heteroatoms. The van der Waals surface area contributed by atoms with Crippen LogP contribution in [0.4, 0.5) is 9.18 Å². The van der Waals surface area contributed by atoms with Crippen molar-refractivity contribution in [2.24, 2.45) is 17.8 Å². The van der Waals surface area contributed by atoms with Crippen molar-refractivity contribution in [1.29, 1.82) is 0 Å². The summed E-state index contributed by atoms with van der Waals surface area (Å²) in [6.45, 7) is 7.55. The molecule has 0 aromatic heterocycles. The summed E-state index contributed by atoms with van der Waals surface area (Å²) in [6, 6.07) is 7.10. The largest absolute Gasteiger partial charge is 0.381 e. The van der Waals surface area contributed by atoms with Crippen molar-refractivity contribution in [1.82, 2.24) is 20.9 Å². The maximum absolute atomic E-state index is 13.2. The molecule has 184 valence electrons. The molecule has 1 unspecified atom stereocenters. The van der Waals surface area contributed by atoms with Gasteiger partial charge in [0.2, 0.25) is 0 Å². The second-order valence-electron chi connectivity index (χ2n) is 10.2. The number of hydrogen-bond donors (Lipinski definition) is 3. The van der Waals surface area contributed by atoms with E-state index < -0.39 is 0 Å². The molecule has 0 bridgehead atoms. The van der Waals surface area contributed by atoms with E-state index in [2.05, 4.69) is 20.9 Å². The van der Waals surface area contributed by atoms with Crippen LogP contribution in [0.5, 0.6) is 0 Å². The van der Waals surface area contributed by atoms with Gasteiger partial charge in [0.25, 0.3) is 0 Å². The monoisotopic (exact) mass is 460 g/mol. The lowest BCUT2D eigenvalue weighted by Gasteiger charge is -2.39. The number of nitrogens with zero attached hydrogens (tertiary/aromatic N) is 1. The molecule has 0 aliphatic carbocycles. The number of carbonyl (C=O) groups is 1. The van der Waals surface area contributed by atoms with Crippen LogP contribution >= 0.6 is 0 Å². The highest BCUT2D eigenvalue weighted by atomic mass is 19.1. The van der Waals surface area contributed by atoms with Crippen molar-refractivity contribution in [2.45, 2.75) is 51.0 Å². The third-order valence-corrected chi connectivity index (χ3v) is 7.65. The van der Waals surface area contributed by atoms with Gasteiger partial charge in [0.1, 0.15) is 5.82 Å². The number of halogens is 1. The van der Waals surface area contributed by atoms with Crippen LogP contribution in [0.2, 0.25) is 0 Å². The van der Waals surface area contributed by atoms with Crippen LogP contribution in [0.3, 0.4) is 0 Å². The quantitative estimate of drug-likeness (QED) is 0.558. The number of carbonyl (C=O) groups excluding carboxylic acids is 1. The number of piperidine rings is 2. The molecule has 3 fully saturated rings. The summed E-state index contributed by atoms with van der Waals surface area (Å²) in [5, 5.41) is 9.79. The normalized spacial score (nSPS) is 27.2. The molecule has 0 radical (unpaired) electrons. The molecule has 3 aliphatic rings.